The predicted octanol–water partition coefficient (Wildman–Crippen LogP) is 1.20. The van der Waals surface area contributed by atoms with Crippen molar-refractivity contribution >= 4 is 5.69 Å². The average molecular weight is 191 g/mol. The summed E-state index contributed by atoms with van der Waals surface area (Å²) in [6.45, 7) is -0.344. The second kappa shape index (κ2) is 3.61. The molecule has 0 aliphatic rings. The number of nitrogen functional groups attached to an aromatic ring is 1. The van der Waals surface area contributed by atoms with Gasteiger partial charge in [0.2, 0.25) is 5.95 Å². The fourth-order valence-electron chi connectivity index (χ4n) is 1.01. The van der Waals surface area contributed by atoms with Crippen molar-refractivity contribution in [2.75, 3.05) is 5.73 Å². The standard InChI is InChI=1S/C7H8F3N3/c8-6(9)5-3(1-11)7(10)13-2-4(5)12/h2,6H,1,11-12H2. The lowest BCUT2D eigenvalue weighted by Crippen LogP contribution is -2.09. The van der Waals surface area contributed by atoms with Crippen LogP contribution in [0.5, 0.6) is 0 Å². The molecule has 72 valence electrons. The molecule has 0 aliphatic carbocycles. The lowest BCUT2D eigenvalue weighted by Gasteiger charge is -2.09. The first-order chi connectivity index (χ1) is 6.07. The van der Waals surface area contributed by atoms with Crippen molar-refractivity contribution in [3.63, 3.8) is 0 Å². The van der Waals surface area contributed by atoms with E-state index >= 15 is 0 Å². The normalized spacial score (nSPS) is 10.8. The van der Waals surface area contributed by atoms with E-state index in [1.165, 1.54) is 0 Å². The van der Waals surface area contributed by atoms with Crippen LogP contribution < -0.4 is 11.5 Å². The number of hydrogen-bond donors (Lipinski definition) is 2. The molecule has 6 heteroatoms. The second-order valence-electron chi connectivity index (χ2n) is 2.40. The fourth-order valence-corrected chi connectivity index (χ4v) is 1.01. The van der Waals surface area contributed by atoms with Crippen LogP contribution >= 0.6 is 0 Å². The van der Waals surface area contributed by atoms with Gasteiger partial charge in [0.25, 0.3) is 6.43 Å². The van der Waals surface area contributed by atoms with Crippen LogP contribution in [0.4, 0.5) is 18.9 Å². The van der Waals surface area contributed by atoms with Crippen LogP contribution in [-0.2, 0) is 6.54 Å². The number of anilines is 1. The van der Waals surface area contributed by atoms with Gasteiger partial charge < -0.3 is 11.5 Å². The Hall–Kier alpha value is -1.30. The van der Waals surface area contributed by atoms with E-state index in [-0.39, 0.29) is 17.8 Å². The summed E-state index contributed by atoms with van der Waals surface area (Å²) in [6, 6.07) is 0. The van der Waals surface area contributed by atoms with Gasteiger partial charge in [-0.05, 0) is 0 Å². The van der Waals surface area contributed by atoms with Crippen LogP contribution in [0.25, 0.3) is 0 Å². The highest BCUT2D eigenvalue weighted by atomic mass is 19.3. The maximum absolute atomic E-state index is 12.8. The smallest absolute Gasteiger partial charge is 0.266 e. The zero-order valence-corrected chi connectivity index (χ0v) is 6.60. The zero-order chi connectivity index (χ0) is 10.0. The third-order valence-electron chi connectivity index (χ3n) is 1.62. The minimum absolute atomic E-state index is 0.239. The van der Waals surface area contributed by atoms with Gasteiger partial charge in [-0.3, -0.25) is 0 Å². The molecule has 1 aromatic heterocycles. The molecule has 3 nitrogen and oxygen atoms in total. The summed E-state index contributed by atoms with van der Waals surface area (Å²) < 4.78 is 37.5. The highest BCUT2D eigenvalue weighted by molar-refractivity contribution is 5.49. The molecule has 0 saturated heterocycles. The van der Waals surface area contributed by atoms with E-state index in [0.29, 0.717) is 0 Å². The minimum atomic E-state index is -2.84. The Morgan fingerprint density at radius 2 is 2.08 bits per heavy atom. The Morgan fingerprint density at radius 1 is 1.46 bits per heavy atom. The van der Waals surface area contributed by atoms with Crippen LogP contribution in [0.2, 0.25) is 0 Å². The highest BCUT2D eigenvalue weighted by Crippen LogP contribution is 2.28. The summed E-state index contributed by atoms with van der Waals surface area (Å²) in [5.74, 6) is -0.994. The molecular weight excluding hydrogens is 183 g/mol. The van der Waals surface area contributed by atoms with E-state index < -0.39 is 17.9 Å². The molecule has 0 spiro atoms. The first kappa shape index (κ1) is 9.79. The first-order valence-electron chi connectivity index (χ1n) is 3.49. The molecule has 0 fully saturated rings. The summed E-state index contributed by atoms with van der Waals surface area (Å²) in [4.78, 5) is 3.19. The van der Waals surface area contributed by atoms with E-state index in [4.69, 9.17) is 11.5 Å². The van der Waals surface area contributed by atoms with E-state index in [9.17, 15) is 13.2 Å². The summed E-state index contributed by atoms with van der Waals surface area (Å²) in [7, 11) is 0. The molecule has 0 saturated carbocycles. The Labute approximate surface area is 72.6 Å². The lowest BCUT2D eigenvalue weighted by molar-refractivity contribution is 0.150. The number of hydrogen-bond acceptors (Lipinski definition) is 3. The molecule has 4 N–H and O–H groups in total. The van der Waals surface area contributed by atoms with Crippen LogP contribution in [0.15, 0.2) is 6.20 Å². The highest BCUT2D eigenvalue weighted by Gasteiger charge is 2.19. The number of nitrogens with zero attached hydrogens (tertiary/aromatic N) is 1. The third kappa shape index (κ3) is 1.72. The second-order valence-corrected chi connectivity index (χ2v) is 2.40. The summed E-state index contributed by atoms with van der Waals surface area (Å²) in [5, 5.41) is 0. The van der Waals surface area contributed by atoms with E-state index in [1.807, 2.05) is 0 Å². The Morgan fingerprint density at radius 3 is 2.46 bits per heavy atom. The molecule has 0 unspecified atom stereocenters. The molecular formula is C7H8F3N3. The maximum atomic E-state index is 12.8. The molecule has 13 heavy (non-hydrogen) atoms. The summed E-state index contributed by atoms with van der Waals surface area (Å²) in [5.41, 5.74) is 9.17. The molecule has 0 atom stereocenters. The topological polar surface area (TPSA) is 64.9 Å². The lowest BCUT2D eigenvalue weighted by atomic mass is 10.1. The Bertz CT molecular complexity index is 314. The summed E-state index contributed by atoms with van der Waals surface area (Å²) >= 11 is 0. The van der Waals surface area contributed by atoms with Crippen LogP contribution in [0, 0.1) is 5.95 Å². The molecule has 0 aliphatic heterocycles. The average Bonchev–Trinajstić information content (AvgIpc) is 2.07. The molecule has 0 radical (unpaired) electrons. The number of nitrogens with two attached hydrogens (primary N) is 2. The van der Waals surface area contributed by atoms with Gasteiger partial charge in [-0.15, -0.1) is 0 Å². The molecule has 1 aromatic rings. The Kier molecular flexibility index (Phi) is 2.72. The van der Waals surface area contributed by atoms with Crippen molar-refractivity contribution in [3.05, 3.63) is 23.3 Å². The quantitative estimate of drug-likeness (QED) is 0.690. The van der Waals surface area contributed by atoms with Crippen molar-refractivity contribution in [1.82, 2.24) is 4.98 Å². The van der Waals surface area contributed by atoms with Crippen molar-refractivity contribution in [1.29, 1.82) is 0 Å². The van der Waals surface area contributed by atoms with Gasteiger partial charge in [0.15, 0.2) is 0 Å². The van der Waals surface area contributed by atoms with E-state index in [0.717, 1.165) is 6.20 Å². The number of rotatable bonds is 2. The predicted molar refractivity (Wildman–Crippen MR) is 41.5 cm³/mol. The van der Waals surface area contributed by atoms with Gasteiger partial charge in [0.05, 0.1) is 17.4 Å². The largest absolute Gasteiger partial charge is 0.397 e. The van der Waals surface area contributed by atoms with Crippen LogP contribution in [0.3, 0.4) is 0 Å². The van der Waals surface area contributed by atoms with Crippen molar-refractivity contribution < 1.29 is 13.2 Å². The maximum Gasteiger partial charge on any atom is 0.266 e. The number of pyridine rings is 1. The van der Waals surface area contributed by atoms with Crippen molar-refractivity contribution in [2.24, 2.45) is 5.73 Å². The van der Waals surface area contributed by atoms with Gasteiger partial charge in [-0.1, -0.05) is 0 Å². The first-order valence-corrected chi connectivity index (χ1v) is 3.49. The van der Waals surface area contributed by atoms with Gasteiger partial charge in [-0.2, -0.15) is 4.39 Å². The van der Waals surface area contributed by atoms with Crippen LogP contribution in [0.1, 0.15) is 17.6 Å². The van der Waals surface area contributed by atoms with Crippen LogP contribution in [-0.4, -0.2) is 4.98 Å². The molecule has 1 rings (SSSR count). The fraction of sp³-hybridized carbons (Fsp3) is 0.286. The monoisotopic (exact) mass is 191 g/mol. The minimum Gasteiger partial charge on any atom is -0.397 e. The van der Waals surface area contributed by atoms with E-state index in [2.05, 4.69) is 4.98 Å². The van der Waals surface area contributed by atoms with Gasteiger partial charge in [-0.25, -0.2) is 13.8 Å². The van der Waals surface area contributed by atoms with Gasteiger partial charge in [0, 0.05) is 12.1 Å². The number of alkyl halides is 2. The van der Waals surface area contributed by atoms with Crippen molar-refractivity contribution in [3.8, 4) is 0 Å². The van der Waals surface area contributed by atoms with Gasteiger partial charge >= 0.3 is 0 Å². The molecule has 0 amide bonds. The van der Waals surface area contributed by atoms with Gasteiger partial charge in [0.1, 0.15) is 0 Å². The molecule has 0 aromatic carbocycles. The van der Waals surface area contributed by atoms with E-state index in [1.54, 1.807) is 0 Å². The number of halogens is 3. The SMILES string of the molecule is NCc1c(F)ncc(N)c1C(F)F. The van der Waals surface area contributed by atoms with Crippen molar-refractivity contribution in [2.45, 2.75) is 13.0 Å². The molecule has 0 bridgehead atoms. The zero-order valence-electron chi connectivity index (χ0n) is 6.60. The third-order valence-corrected chi connectivity index (χ3v) is 1.62. The summed E-state index contributed by atoms with van der Waals surface area (Å²) in [6.07, 6.45) is -1.98. The Balaban J connectivity index is 3.35. The number of aromatic nitrogens is 1. The molecule has 1 heterocycles.